The molecular weight excluding hydrogens is 124 g/mol. The maximum absolute atomic E-state index is 5.96. The lowest BCUT2D eigenvalue weighted by atomic mass is 9.98. The molecule has 58 valence electrons. The first-order valence-corrected chi connectivity index (χ1v) is 4.21. The molecule has 2 N–H and O–H groups in total. The van der Waals surface area contributed by atoms with Crippen LogP contribution in [0.1, 0.15) is 12.8 Å². The maximum atomic E-state index is 5.96. The van der Waals surface area contributed by atoms with Gasteiger partial charge < -0.3 is 10.6 Å². The first-order chi connectivity index (χ1) is 4.77. The Hall–Kier alpha value is -0.0800. The fourth-order valence-corrected chi connectivity index (χ4v) is 2.53. The molecule has 0 unspecified atom stereocenters. The summed E-state index contributed by atoms with van der Waals surface area (Å²) >= 11 is 0. The van der Waals surface area contributed by atoms with Crippen LogP contribution < -0.4 is 5.73 Å². The molecule has 0 aromatic rings. The topological polar surface area (TPSA) is 29.3 Å². The van der Waals surface area contributed by atoms with Crippen LogP contribution in [-0.2, 0) is 0 Å². The fourth-order valence-electron chi connectivity index (χ4n) is 2.53. The predicted molar refractivity (Wildman–Crippen MR) is 41.7 cm³/mol. The van der Waals surface area contributed by atoms with E-state index in [1.807, 2.05) is 0 Å². The summed E-state index contributed by atoms with van der Waals surface area (Å²) in [4.78, 5) is 2.41. The molecule has 2 aliphatic rings. The van der Waals surface area contributed by atoms with Gasteiger partial charge in [-0.3, -0.25) is 0 Å². The van der Waals surface area contributed by atoms with Crippen LogP contribution in [0.3, 0.4) is 0 Å². The van der Waals surface area contributed by atoms with Crippen molar-refractivity contribution in [3.8, 4) is 0 Å². The number of nitrogens with zero attached hydrogens (tertiary/aromatic N) is 1. The Morgan fingerprint density at radius 1 is 1.30 bits per heavy atom. The molecule has 0 spiro atoms. The Morgan fingerprint density at radius 2 is 2.10 bits per heavy atom. The number of nitrogens with two attached hydrogens (primary N) is 1. The van der Waals surface area contributed by atoms with Crippen molar-refractivity contribution >= 4 is 0 Å². The van der Waals surface area contributed by atoms with Gasteiger partial charge in [0.25, 0.3) is 0 Å². The van der Waals surface area contributed by atoms with Gasteiger partial charge in [-0.25, -0.2) is 0 Å². The van der Waals surface area contributed by atoms with Crippen LogP contribution in [0, 0.1) is 11.8 Å². The second-order valence-corrected chi connectivity index (χ2v) is 3.89. The number of fused-ring (bicyclic) bond motifs is 1. The van der Waals surface area contributed by atoms with Crippen molar-refractivity contribution in [1.29, 1.82) is 0 Å². The summed E-state index contributed by atoms with van der Waals surface area (Å²) in [5, 5.41) is 0. The summed E-state index contributed by atoms with van der Waals surface area (Å²) < 4.78 is 0. The zero-order chi connectivity index (χ0) is 7.14. The number of hydrogen-bond acceptors (Lipinski definition) is 2. The van der Waals surface area contributed by atoms with E-state index in [1.54, 1.807) is 0 Å². The Balaban J connectivity index is 2.05. The van der Waals surface area contributed by atoms with E-state index in [0.717, 1.165) is 11.8 Å². The summed E-state index contributed by atoms with van der Waals surface area (Å²) in [5.74, 6) is 1.75. The standard InChI is InChI=1S/C8H16N2/c1-10-4-6-2-3-8(9)7(6)5-10/h6-8H,2-5,9H2,1H3/t6-,7+,8-/m0/s1. The average molecular weight is 140 g/mol. The molecular formula is C8H16N2. The highest BCUT2D eigenvalue weighted by Gasteiger charge is 2.39. The molecule has 2 heteroatoms. The molecule has 2 nitrogen and oxygen atoms in total. The Kier molecular flexibility index (Phi) is 1.46. The van der Waals surface area contributed by atoms with Gasteiger partial charge in [0.1, 0.15) is 0 Å². The molecule has 0 amide bonds. The number of rotatable bonds is 0. The highest BCUT2D eigenvalue weighted by Crippen LogP contribution is 2.36. The van der Waals surface area contributed by atoms with Crippen molar-refractivity contribution in [2.75, 3.05) is 20.1 Å². The summed E-state index contributed by atoms with van der Waals surface area (Å²) in [7, 11) is 2.20. The molecule has 2 fully saturated rings. The van der Waals surface area contributed by atoms with Gasteiger partial charge >= 0.3 is 0 Å². The highest BCUT2D eigenvalue weighted by molar-refractivity contribution is 4.94. The molecule has 0 aromatic heterocycles. The first kappa shape index (κ1) is 6.62. The lowest BCUT2D eigenvalue weighted by molar-refractivity contribution is 0.368. The van der Waals surface area contributed by atoms with Crippen LogP contribution in [0.25, 0.3) is 0 Å². The second-order valence-electron chi connectivity index (χ2n) is 3.89. The lowest BCUT2D eigenvalue weighted by Crippen LogP contribution is -2.29. The van der Waals surface area contributed by atoms with E-state index in [2.05, 4.69) is 11.9 Å². The van der Waals surface area contributed by atoms with Crippen molar-refractivity contribution in [1.82, 2.24) is 4.90 Å². The first-order valence-electron chi connectivity index (χ1n) is 4.21. The van der Waals surface area contributed by atoms with Crippen LogP contribution in [0.15, 0.2) is 0 Å². The molecule has 0 radical (unpaired) electrons. The molecule has 2 rings (SSSR count). The lowest BCUT2D eigenvalue weighted by Gasteiger charge is -2.12. The minimum atomic E-state index is 0.509. The van der Waals surface area contributed by atoms with E-state index in [4.69, 9.17) is 5.73 Å². The number of hydrogen-bond donors (Lipinski definition) is 1. The number of likely N-dealkylation sites (tertiary alicyclic amines) is 1. The van der Waals surface area contributed by atoms with E-state index < -0.39 is 0 Å². The Bertz CT molecular complexity index is 135. The van der Waals surface area contributed by atoms with Crippen molar-refractivity contribution in [2.45, 2.75) is 18.9 Å². The molecule has 1 aliphatic carbocycles. The van der Waals surface area contributed by atoms with Crippen LogP contribution in [-0.4, -0.2) is 31.1 Å². The molecule has 1 heterocycles. The SMILES string of the molecule is CN1C[C@@H]2CC[C@H](N)[C@@H]2C1. The zero-order valence-electron chi connectivity index (χ0n) is 6.59. The Morgan fingerprint density at radius 3 is 2.80 bits per heavy atom. The third-order valence-electron chi connectivity index (χ3n) is 3.09. The molecule has 1 aliphatic heterocycles. The second kappa shape index (κ2) is 2.21. The van der Waals surface area contributed by atoms with E-state index in [0.29, 0.717) is 6.04 Å². The van der Waals surface area contributed by atoms with Gasteiger partial charge in [0.05, 0.1) is 0 Å². The van der Waals surface area contributed by atoms with Crippen molar-refractivity contribution in [2.24, 2.45) is 17.6 Å². The molecule has 1 saturated heterocycles. The Labute approximate surface area is 62.4 Å². The highest BCUT2D eigenvalue weighted by atomic mass is 15.1. The monoisotopic (exact) mass is 140 g/mol. The van der Waals surface area contributed by atoms with Crippen LogP contribution in [0.2, 0.25) is 0 Å². The molecule has 3 atom stereocenters. The molecule has 0 aromatic carbocycles. The predicted octanol–water partition coefficient (Wildman–Crippen LogP) is 0.285. The molecule has 0 bridgehead atoms. The van der Waals surface area contributed by atoms with E-state index in [1.165, 1.54) is 25.9 Å². The van der Waals surface area contributed by atoms with Crippen molar-refractivity contribution in [3.63, 3.8) is 0 Å². The zero-order valence-corrected chi connectivity index (χ0v) is 6.59. The summed E-state index contributed by atoms with van der Waals surface area (Å²) in [6.45, 7) is 2.53. The average Bonchev–Trinajstić information content (AvgIpc) is 2.35. The summed E-state index contributed by atoms with van der Waals surface area (Å²) in [6.07, 6.45) is 2.64. The van der Waals surface area contributed by atoms with E-state index >= 15 is 0 Å². The van der Waals surface area contributed by atoms with Gasteiger partial charge in [0, 0.05) is 19.1 Å². The van der Waals surface area contributed by atoms with Gasteiger partial charge in [-0.2, -0.15) is 0 Å². The third kappa shape index (κ3) is 0.867. The van der Waals surface area contributed by atoms with Crippen LogP contribution in [0.4, 0.5) is 0 Å². The van der Waals surface area contributed by atoms with E-state index in [9.17, 15) is 0 Å². The summed E-state index contributed by atoms with van der Waals surface area (Å²) in [5.41, 5.74) is 5.96. The minimum absolute atomic E-state index is 0.509. The van der Waals surface area contributed by atoms with Gasteiger partial charge in [0.2, 0.25) is 0 Å². The molecule has 1 saturated carbocycles. The van der Waals surface area contributed by atoms with Gasteiger partial charge in [-0.05, 0) is 31.7 Å². The largest absolute Gasteiger partial charge is 0.327 e. The quantitative estimate of drug-likeness (QED) is 0.524. The van der Waals surface area contributed by atoms with Crippen molar-refractivity contribution < 1.29 is 0 Å². The van der Waals surface area contributed by atoms with E-state index in [-0.39, 0.29) is 0 Å². The minimum Gasteiger partial charge on any atom is -0.327 e. The summed E-state index contributed by atoms with van der Waals surface area (Å²) in [6, 6.07) is 0.509. The smallest absolute Gasteiger partial charge is 0.00826 e. The third-order valence-corrected chi connectivity index (χ3v) is 3.09. The van der Waals surface area contributed by atoms with Gasteiger partial charge in [0.15, 0.2) is 0 Å². The normalized spacial score (nSPS) is 48.0. The van der Waals surface area contributed by atoms with Crippen molar-refractivity contribution in [3.05, 3.63) is 0 Å². The fraction of sp³-hybridized carbons (Fsp3) is 1.00. The molecule has 10 heavy (non-hydrogen) atoms. The van der Waals surface area contributed by atoms with Crippen LogP contribution in [0.5, 0.6) is 0 Å². The van der Waals surface area contributed by atoms with Crippen LogP contribution >= 0.6 is 0 Å². The van der Waals surface area contributed by atoms with Gasteiger partial charge in [-0.15, -0.1) is 0 Å². The maximum Gasteiger partial charge on any atom is 0.00826 e. The van der Waals surface area contributed by atoms with Gasteiger partial charge in [-0.1, -0.05) is 0 Å².